The first-order valence-electron chi connectivity index (χ1n) is 13.0. The average molecular weight is 612 g/mol. The lowest BCUT2D eigenvalue weighted by Gasteiger charge is -2.25. The van der Waals surface area contributed by atoms with Crippen LogP contribution in [0.25, 0.3) is 11.6 Å². The second-order valence-electron chi connectivity index (χ2n) is 10.3. The van der Waals surface area contributed by atoms with E-state index < -0.39 is 21.7 Å². The van der Waals surface area contributed by atoms with Gasteiger partial charge in [-0.05, 0) is 44.4 Å². The summed E-state index contributed by atoms with van der Waals surface area (Å²) in [6.45, 7) is 4.02. The van der Waals surface area contributed by atoms with Crippen LogP contribution < -0.4 is 10.0 Å². The SMILES string of the molecule is Cc1csc([C@H]2CCCN2C(=O)c2cc(NS(C)(=O)=O)nc(-c3nnc([C@@](C)(Cc4ccccc4)NC(=O)O)o3)c2)n1. The summed E-state index contributed by atoms with van der Waals surface area (Å²) < 4.78 is 32.4. The number of aryl methyl sites for hydroxylation is 1. The molecule has 2 atom stereocenters. The van der Waals surface area contributed by atoms with E-state index in [0.29, 0.717) is 6.54 Å². The molecule has 1 saturated heterocycles. The summed E-state index contributed by atoms with van der Waals surface area (Å²) in [7, 11) is -3.74. The van der Waals surface area contributed by atoms with Crippen LogP contribution in [-0.2, 0) is 22.0 Å². The molecule has 0 bridgehead atoms. The van der Waals surface area contributed by atoms with Gasteiger partial charge in [0.25, 0.3) is 11.8 Å². The van der Waals surface area contributed by atoms with E-state index in [9.17, 15) is 23.1 Å². The maximum atomic E-state index is 13.8. The van der Waals surface area contributed by atoms with E-state index in [1.54, 1.807) is 11.8 Å². The monoisotopic (exact) mass is 611 g/mol. The lowest BCUT2D eigenvalue weighted by molar-refractivity contribution is 0.0735. The van der Waals surface area contributed by atoms with Crippen molar-refractivity contribution < 1.29 is 27.5 Å². The number of nitrogens with one attached hydrogen (secondary N) is 2. The molecule has 13 nitrogen and oxygen atoms in total. The van der Waals surface area contributed by atoms with Crippen molar-refractivity contribution in [2.45, 2.75) is 44.7 Å². The zero-order valence-corrected chi connectivity index (χ0v) is 24.7. The number of hydrogen-bond donors (Lipinski definition) is 3. The highest BCUT2D eigenvalue weighted by molar-refractivity contribution is 7.92. The molecule has 1 aromatic carbocycles. The van der Waals surface area contributed by atoms with Crippen LogP contribution in [0.2, 0.25) is 0 Å². The van der Waals surface area contributed by atoms with Gasteiger partial charge < -0.3 is 19.7 Å². The molecule has 0 saturated carbocycles. The van der Waals surface area contributed by atoms with Crippen LogP contribution in [0.15, 0.2) is 52.3 Å². The number of anilines is 1. The molecule has 4 aromatic rings. The van der Waals surface area contributed by atoms with E-state index in [2.05, 4.69) is 30.2 Å². The molecule has 1 aliphatic heterocycles. The van der Waals surface area contributed by atoms with E-state index in [1.165, 1.54) is 23.5 Å². The first kappa shape index (κ1) is 29.1. The van der Waals surface area contributed by atoms with Crippen LogP contribution in [0.1, 0.15) is 58.3 Å². The second kappa shape index (κ2) is 11.5. The van der Waals surface area contributed by atoms with Crippen LogP contribution in [0.5, 0.6) is 0 Å². The van der Waals surface area contributed by atoms with Gasteiger partial charge in [-0.25, -0.2) is 23.2 Å². The highest BCUT2D eigenvalue weighted by atomic mass is 32.2. The molecule has 0 radical (unpaired) electrons. The van der Waals surface area contributed by atoms with Gasteiger partial charge in [0, 0.05) is 29.6 Å². The number of pyridine rings is 1. The molecule has 15 heteroatoms. The summed E-state index contributed by atoms with van der Waals surface area (Å²) in [4.78, 5) is 36.1. The fraction of sp³-hybridized carbons (Fsp3) is 0.333. The van der Waals surface area contributed by atoms with Gasteiger partial charge in [-0.15, -0.1) is 21.5 Å². The third kappa shape index (κ3) is 6.57. The molecule has 5 rings (SSSR count). The quantitative estimate of drug-likeness (QED) is 0.251. The standard InChI is InChI=1S/C27H29N7O6S2/c1-16-15-41-23(28-16)20-10-7-11-34(20)24(35)18-12-19(29-21(13-18)33-42(3,38)39)22-31-32-25(40-22)27(2,30-26(36)37)14-17-8-5-4-6-9-17/h4-6,8-9,12-13,15,20,30H,7,10-11,14H2,1-3H3,(H,29,33)(H,36,37)/t20-,27-/m1/s1. The predicted octanol–water partition coefficient (Wildman–Crippen LogP) is 3.97. The van der Waals surface area contributed by atoms with Crippen LogP contribution >= 0.6 is 11.3 Å². The summed E-state index contributed by atoms with van der Waals surface area (Å²) in [5.74, 6) is -0.573. The minimum absolute atomic E-state index is 0.0290. The molecule has 0 aliphatic carbocycles. The van der Waals surface area contributed by atoms with Gasteiger partial charge >= 0.3 is 6.09 Å². The van der Waals surface area contributed by atoms with Gasteiger partial charge in [0.1, 0.15) is 22.1 Å². The molecule has 0 unspecified atom stereocenters. The third-order valence-electron chi connectivity index (χ3n) is 6.70. The van der Waals surface area contributed by atoms with Crippen molar-refractivity contribution in [2.24, 2.45) is 0 Å². The van der Waals surface area contributed by atoms with E-state index >= 15 is 0 Å². The number of benzene rings is 1. The number of carboxylic acid groups (broad SMARTS) is 1. The molecule has 4 heterocycles. The minimum Gasteiger partial charge on any atom is -0.465 e. The highest BCUT2D eigenvalue weighted by Gasteiger charge is 2.36. The van der Waals surface area contributed by atoms with Crippen molar-refractivity contribution in [2.75, 3.05) is 17.5 Å². The Labute approximate surface area is 246 Å². The number of rotatable bonds is 9. The highest BCUT2D eigenvalue weighted by Crippen LogP contribution is 2.36. The van der Waals surface area contributed by atoms with Gasteiger partial charge in [0.2, 0.25) is 15.9 Å². The normalized spacial score (nSPS) is 16.6. The fourth-order valence-electron chi connectivity index (χ4n) is 4.93. The summed E-state index contributed by atoms with van der Waals surface area (Å²) in [6, 6.07) is 11.8. The van der Waals surface area contributed by atoms with E-state index in [0.717, 1.165) is 35.4 Å². The van der Waals surface area contributed by atoms with Crippen molar-refractivity contribution in [3.63, 3.8) is 0 Å². The lowest BCUT2D eigenvalue weighted by Crippen LogP contribution is -2.44. The number of amides is 2. The number of carbonyl (C=O) groups excluding carboxylic acids is 1. The smallest absolute Gasteiger partial charge is 0.405 e. The Hall–Kier alpha value is -4.37. The Balaban J connectivity index is 1.52. The third-order valence-corrected chi connectivity index (χ3v) is 8.34. The molecule has 2 amide bonds. The molecular weight excluding hydrogens is 582 g/mol. The molecule has 3 aromatic heterocycles. The zero-order chi connectivity index (χ0) is 30.1. The van der Waals surface area contributed by atoms with Crippen molar-refractivity contribution in [1.82, 2.24) is 30.4 Å². The lowest BCUT2D eigenvalue weighted by atomic mass is 9.93. The Bertz CT molecular complexity index is 1720. The summed E-state index contributed by atoms with van der Waals surface area (Å²) >= 11 is 1.49. The van der Waals surface area contributed by atoms with E-state index in [1.807, 2.05) is 42.6 Å². The Morgan fingerprint density at radius 2 is 1.95 bits per heavy atom. The van der Waals surface area contributed by atoms with Crippen molar-refractivity contribution in [3.8, 4) is 11.6 Å². The van der Waals surface area contributed by atoms with Crippen LogP contribution in [-0.4, -0.2) is 63.4 Å². The van der Waals surface area contributed by atoms with Gasteiger partial charge in [0.15, 0.2) is 0 Å². The predicted molar refractivity (Wildman–Crippen MR) is 155 cm³/mol. The fourth-order valence-corrected chi connectivity index (χ4v) is 6.35. The first-order chi connectivity index (χ1) is 19.9. The van der Waals surface area contributed by atoms with Crippen molar-refractivity contribution in [1.29, 1.82) is 0 Å². The molecular formula is C27H29N7O6S2. The van der Waals surface area contributed by atoms with E-state index in [4.69, 9.17) is 4.42 Å². The molecule has 0 spiro atoms. The minimum atomic E-state index is -3.74. The van der Waals surface area contributed by atoms with E-state index in [-0.39, 0.29) is 47.2 Å². The molecule has 1 fully saturated rings. The Morgan fingerprint density at radius 3 is 2.62 bits per heavy atom. The number of carbonyl (C=O) groups is 2. The maximum Gasteiger partial charge on any atom is 0.405 e. The molecule has 220 valence electrons. The van der Waals surface area contributed by atoms with Crippen LogP contribution in [0.3, 0.4) is 0 Å². The number of aromatic nitrogens is 4. The van der Waals surface area contributed by atoms with Crippen molar-refractivity contribution >= 4 is 39.2 Å². The maximum absolute atomic E-state index is 13.8. The molecule has 3 N–H and O–H groups in total. The van der Waals surface area contributed by atoms with Gasteiger partial charge in [0.05, 0.1) is 12.3 Å². The van der Waals surface area contributed by atoms with Gasteiger partial charge in [-0.3, -0.25) is 9.52 Å². The summed E-state index contributed by atoms with van der Waals surface area (Å²) in [5, 5.41) is 23.0. The number of sulfonamides is 1. The van der Waals surface area contributed by atoms with Gasteiger partial charge in [-0.2, -0.15) is 0 Å². The van der Waals surface area contributed by atoms with Crippen LogP contribution in [0.4, 0.5) is 10.6 Å². The second-order valence-corrected chi connectivity index (χ2v) is 13.0. The molecule has 1 aliphatic rings. The average Bonchev–Trinajstić information content (AvgIpc) is 3.68. The number of likely N-dealkylation sites (tertiary alicyclic amines) is 1. The summed E-state index contributed by atoms with van der Waals surface area (Å²) in [6.07, 6.45) is 1.46. The van der Waals surface area contributed by atoms with Crippen LogP contribution in [0, 0.1) is 6.92 Å². The van der Waals surface area contributed by atoms with Crippen molar-refractivity contribution in [3.05, 3.63) is 75.6 Å². The number of nitrogens with zero attached hydrogens (tertiary/aromatic N) is 5. The first-order valence-corrected chi connectivity index (χ1v) is 15.8. The topological polar surface area (TPSA) is 181 Å². The number of hydrogen-bond acceptors (Lipinski definition) is 10. The Kier molecular flexibility index (Phi) is 7.97. The largest absolute Gasteiger partial charge is 0.465 e. The number of thiazole rings is 1. The zero-order valence-electron chi connectivity index (χ0n) is 23.1. The summed E-state index contributed by atoms with van der Waals surface area (Å²) in [5.41, 5.74) is 0.623. The van der Waals surface area contributed by atoms with Gasteiger partial charge in [-0.1, -0.05) is 30.3 Å². The molecule has 42 heavy (non-hydrogen) atoms. The Morgan fingerprint density at radius 1 is 1.19 bits per heavy atom.